The molecule has 0 spiro atoms. The summed E-state index contributed by atoms with van der Waals surface area (Å²) in [5, 5.41) is 13.6. The van der Waals surface area contributed by atoms with Crippen LogP contribution in [0.4, 0.5) is 11.4 Å². The molecule has 0 aliphatic heterocycles. The van der Waals surface area contributed by atoms with Gasteiger partial charge in [0.2, 0.25) is 0 Å². The second kappa shape index (κ2) is 10.2. The minimum atomic E-state index is -1.18. The molecule has 1 N–H and O–H groups in total. The fourth-order valence-corrected chi connectivity index (χ4v) is 2.64. The van der Waals surface area contributed by atoms with Gasteiger partial charge >= 0.3 is 5.97 Å². The molecule has 0 saturated heterocycles. The molecule has 0 aliphatic carbocycles. The van der Waals surface area contributed by atoms with Gasteiger partial charge in [-0.3, -0.25) is 14.9 Å². The largest absolute Gasteiger partial charge is 0.496 e. The highest BCUT2D eigenvalue weighted by Crippen LogP contribution is 2.29. The van der Waals surface area contributed by atoms with Crippen molar-refractivity contribution < 1.29 is 28.7 Å². The zero-order valence-electron chi connectivity index (χ0n) is 17.2. The summed E-state index contributed by atoms with van der Waals surface area (Å²) in [5.74, 6) is -0.393. The molecule has 1 atom stereocenters. The van der Waals surface area contributed by atoms with Gasteiger partial charge in [0.1, 0.15) is 17.2 Å². The first kappa shape index (κ1) is 22.7. The molecule has 0 saturated carbocycles. The highest BCUT2D eigenvalue weighted by Gasteiger charge is 2.23. The van der Waals surface area contributed by atoms with Gasteiger partial charge in [-0.15, -0.1) is 0 Å². The highest BCUT2D eigenvalue weighted by molar-refractivity contribution is 5.97. The number of amides is 1. The van der Waals surface area contributed by atoms with Gasteiger partial charge in [0.15, 0.2) is 12.7 Å². The highest BCUT2D eigenvalue weighted by atomic mass is 16.6. The Labute approximate surface area is 174 Å². The number of nitro benzene ring substituents is 1. The minimum Gasteiger partial charge on any atom is -0.496 e. The number of anilines is 1. The summed E-state index contributed by atoms with van der Waals surface area (Å²) in [7, 11) is 1.38. The Morgan fingerprint density at radius 3 is 2.47 bits per heavy atom. The number of nitrogens with one attached hydrogen (secondary N) is 1. The Bertz CT molecular complexity index is 927. The van der Waals surface area contributed by atoms with Crippen molar-refractivity contribution in [3.05, 3.63) is 58.1 Å². The molecule has 0 bridgehead atoms. The van der Waals surface area contributed by atoms with E-state index in [1.54, 1.807) is 12.1 Å². The monoisotopic (exact) mass is 416 g/mol. The smallest absolute Gasteiger partial charge is 0.344 e. The van der Waals surface area contributed by atoms with Gasteiger partial charge in [-0.1, -0.05) is 32.0 Å². The van der Waals surface area contributed by atoms with Crippen molar-refractivity contribution in [1.82, 2.24) is 0 Å². The number of ether oxygens (including phenoxy) is 3. The predicted molar refractivity (Wildman–Crippen MR) is 110 cm³/mol. The maximum absolute atomic E-state index is 12.3. The second-order valence-corrected chi connectivity index (χ2v) is 6.74. The van der Waals surface area contributed by atoms with Crippen LogP contribution in [0.5, 0.6) is 11.5 Å². The number of methoxy groups -OCH3 is 1. The maximum Gasteiger partial charge on any atom is 0.344 e. The lowest BCUT2D eigenvalue weighted by atomic mass is 10.0. The number of para-hydroxylation sites is 1. The van der Waals surface area contributed by atoms with E-state index in [0.717, 1.165) is 5.56 Å². The Morgan fingerprint density at radius 2 is 1.83 bits per heavy atom. The molecule has 0 aliphatic rings. The normalized spacial score (nSPS) is 11.5. The summed E-state index contributed by atoms with van der Waals surface area (Å²) in [6.07, 6.45) is -1.18. The first-order valence-electron chi connectivity index (χ1n) is 9.27. The lowest BCUT2D eigenvalue weighted by Gasteiger charge is -2.16. The first-order chi connectivity index (χ1) is 14.2. The molecule has 30 heavy (non-hydrogen) atoms. The summed E-state index contributed by atoms with van der Waals surface area (Å²) < 4.78 is 15.6. The first-order valence-corrected chi connectivity index (χ1v) is 9.27. The van der Waals surface area contributed by atoms with Crippen LogP contribution in [0.15, 0.2) is 42.5 Å². The Balaban J connectivity index is 1.96. The van der Waals surface area contributed by atoms with Crippen LogP contribution in [0.1, 0.15) is 32.3 Å². The van der Waals surface area contributed by atoms with Gasteiger partial charge in [0.25, 0.3) is 11.6 Å². The zero-order valence-corrected chi connectivity index (χ0v) is 17.2. The van der Waals surface area contributed by atoms with Crippen molar-refractivity contribution in [2.75, 3.05) is 19.0 Å². The van der Waals surface area contributed by atoms with Crippen molar-refractivity contribution >= 4 is 23.3 Å². The molecule has 2 aromatic carbocycles. The van der Waals surface area contributed by atoms with Gasteiger partial charge in [-0.05, 0) is 36.6 Å². The molecule has 0 unspecified atom stereocenters. The van der Waals surface area contributed by atoms with Crippen LogP contribution in [0.25, 0.3) is 0 Å². The van der Waals surface area contributed by atoms with Gasteiger partial charge in [0.05, 0.1) is 18.1 Å². The predicted octanol–water partition coefficient (Wildman–Crippen LogP) is 3.68. The molecular formula is C21H24N2O7. The van der Waals surface area contributed by atoms with Crippen LogP contribution >= 0.6 is 0 Å². The minimum absolute atomic E-state index is 0.0317. The summed E-state index contributed by atoms with van der Waals surface area (Å²) in [4.78, 5) is 35.0. The number of nitro groups is 1. The van der Waals surface area contributed by atoms with Crippen LogP contribution in [0.2, 0.25) is 0 Å². The number of rotatable bonds is 9. The van der Waals surface area contributed by atoms with Crippen LogP contribution < -0.4 is 14.8 Å². The lowest BCUT2D eigenvalue weighted by molar-refractivity contribution is -0.384. The average Bonchev–Trinajstić information content (AvgIpc) is 2.72. The van der Waals surface area contributed by atoms with Crippen LogP contribution in [-0.2, 0) is 14.3 Å². The topological polar surface area (TPSA) is 117 Å². The second-order valence-electron chi connectivity index (χ2n) is 6.74. The van der Waals surface area contributed by atoms with Crippen molar-refractivity contribution in [3.63, 3.8) is 0 Å². The third kappa shape index (κ3) is 5.94. The Hall–Kier alpha value is -3.62. The molecule has 2 aromatic rings. The van der Waals surface area contributed by atoms with E-state index in [4.69, 9.17) is 14.2 Å². The van der Waals surface area contributed by atoms with Crippen molar-refractivity contribution in [3.8, 4) is 11.5 Å². The van der Waals surface area contributed by atoms with E-state index in [0.29, 0.717) is 5.75 Å². The van der Waals surface area contributed by atoms with E-state index in [2.05, 4.69) is 5.32 Å². The molecule has 9 heteroatoms. The van der Waals surface area contributed by atoms with Gasteiger partial charge in [0, 0.05) is 0 Å². The number of benzene rings is 2. The van der Waals surface area contributed by atoms with Crippen molar-refractivity contribution in [2.24, 2.45) is 0 Å². The van der Waals surface area contributed by atoms with Gasteiger partial charge in [-0.25, -0.2) is 4.79 Å². The zero-order chi connectivity index (χ0) is 22.3. The Kier molecular flexibility index (Phi) is 7.74. The number of hydrogen-bond acceptors (Lipinski definition) is 7. The lowest BCUT2D eigenvalue weighted by Crippen LogP contribution is -2.32. The number of nitrogens with zero attached hydrogens (tertiary/aromatic N) is 1. The van der Waals surface area contributed by atoms with Gasteiger partial charge < -0.3 is 19.5 Å². The van der Waals surface area contributed by atoms with E-state index in [9.17, 15) is 19.7 Å². The summed E-state index contributed by atoms with van der Waals surface area (Å²) in [5.41, 5.74) is 0.577. The fourth-order valence-electron chi connectivity index (χ4n) is 2.64. The summed E-state index contributed by atoms with van der Waals surface area (Å²) >= 11 is 0. The molecule has 2 rings (SSSR count). The summed E-state index contributed by atoms with van der Waals surface area (Å²) in [6, 6.07) is 11.3. The van der Waals surface area contributed by atoms with Crippen molar-refractivity contribution in [2.45, 2.75) is 32.8 Å². The Morgan fingerprint density at radius 1 is 1.13 bits per heavy atom. The fraction of sp³-hybridized carbons (Fsp3) is 0.333. The van der Waals surface area contributed by atoms with Gasteiger partial charge in [-0.2, -0.15) is 0 Å². The number of esters is 1. The third-order valence-electron chi connectivity index (χ3n) is 4.22. The summed E-state index contributed by atoms with van der Waals surface area (Å²) in [6.45, 7) is 5.01. The number of hydrogen-bond donors (Lipinski definition) is 1. The van der Waals surface area contributed by atoms with E-state index in [1.807, 2.05) is 26.0 Å². The third-order valence-corrected chi connectivity index (χ3v) is 4.22. The van der Waals surface area contributed by atoms with E-state index >= 15 is 0 Å². The van der Waals surface area contributed by atoms with E-state index in [1.165, 1.54) is 32.2 Å². The van der Waals surface area contributed by atoms with Crippen LogP contribution in [-0.4, -0.2) is 36.6 Å². The maximum atomic E-state index is 12.3. The molecule has 1 amide bonds. The van der Waals surface area contributed by atoms with E-state index in [-0.39, 0.29) is 29.6 Å². The quantitative estimate of drug-likeness (QED) is 0.376. The molecule has 9 nitrogen and oxygen atoms in total. The average molecular weight is 416 g/mol. The van der Waals surface area contributed by atoms with Crippen LogP contribution in [0, 0.1) is 10.1 Å². The molecular weight excluding hydrogens is 392 g/mol. The van der Waals surface area contributed by atoms with Crippen LogP contribution in [0.3, 0.4) is 0 Å². The number of carbonyl (C=O) groups is 2. The number of carbonyl (C=O) groups excluding carboxylic acids is 2. The van der Waals surface area contributed by atoms with Crippen molar-refractivity contribution in [1.29, 1.82) is 0 Å². The van der Waals surface area contributed by atoms with E-state index < -0.39 is 22.9 Å². The molecule has 0 heterocycles. The molecule has 0 fully saturated rings. The molecule has 160 valence electrons. The standard InChI is InChI=1S/C21H24N2O7/c1-13(2)16-7-5-6-8-19(16)29-12-20(24)30-14(3)21(25)22-17-10-9-15(28-4)11-18(17)23(26)27/h5-11,13-14H,12H2,1-4H3,(H,22,25)/t14-/m0/s1. The SMILES string of the molecule is COc1ccc(NC(=O)[C@H](C)OC(=O)COc2ccccc2C(C)C)c([N+](=O)[O-])c1. The molecule has 0 aromatic heterocycles. The molecule has 0 radical (unpaired) electrons.